The fourth-order valence-corrected chi connectivity index (χ4v) is 2.46. The van der Waals surface area contributed by atoms with Crippen LogP contribution in [-0.4, -0.2) is 25.4 Å². The van der Waals surface area contributed by atoms with Crippen molar-refractivity contribution in [2.45, 2.75) is 6.61 Å². The molecule has 0 bridgehead atoms. The van der Waals surface area contributed by atoms with Crippen LogP contribution in [0.2, 0.25) is 0 Å². The Labute approximate surface area is 163 Å². The lowest BCUT2D eigenvalue weighted by molar-refractivity contribution is -0.386. The van der Waals surface area contributed by atoms with Crippen LogP contribution in [0.5, 0.6) is 5.75 Å². The summed E-state index contributed by atoms with van der Waals surface area (Å²) in [4.78, 5) is 32.9. The molecular formula is C18H14N4O7. The van der Waals surface area contributed by atoms with Crippen LogP contribution in [-0.2, 0) is 13.7 Å². The highest BCUT2D eigenvalue weighted by Gasteiger charge is 2.23. The van der Waals surface area contributed by atoms with E-state index in [4.69, 9.17) is 9.15 Å². The molecule has 0 radical (unpaired) electrons. The molecule has 2 heterocycles. The first-order valence-corrected chi connectivity index (χ1v) is 8.20. The van der Waals surface area contributed by atoms with E-state index in [1.165, 1.54) is 36.0 Å². The van der Waals surface area contributed by atoms with Crippen molar-refractivity contribution in [1.82, 2.24) is 9.78 Å². The van der Waals surface area contributed by atoms with E-state index in [9.17, 15) is 25.0 Å². The number of nitrogens with zero attached hydrogens (tertiary/aromatic N) is 4. The standard InChI is InChI=1S/C18H14N4O7/c1-20-10-15(22(26)27)18(19-20)16(23)9-8-12-6-7-13(29-12)11-28-17-5-3-2-4-14(17)21(24)25/h2-10H,11H2,1H3/b9-8+. The molecule has 0 saturated heterocycles. The van der Waals surface area contributed by atoms with Gasteiger partial charge in [-0.05, 0) is 30.4 Å². The van der Waals surface area contributed by atoms with Crippen molar-refractivity contribution in [3.8, 4) is 5.75 Å². The molecule has 11 nitrogen and oxygen atoms in total. The van der Waals surface area contributed by atoms with Crippen LogP contribution < -0.4 is 4.74 Å². The quantitative estimate of drug-likeness (QED) is 0.243. The van der Waals surface area contributed by atoms with Gasteiger partial charge in [0.2, 0.25) is 11.5 Å². The SMILES string of the molecule is Cn1cc([N+](=O)[O-])c(C(=O)/C=C/c2ccc(COc3ccccc3[N+](=O)[O-])o2)n1. The number of para-hydroxylation sites is 2. The second-order valence-electron chi connectivity index (χ2n) is 5.81. The molecule has 0 aliphatic rings. The van der Waals surface area contributed by atoms with E-state index in [-0.39, 0.29) is 29.4 Å². The Balaban J connectivity index is 1.67. The monoisotopic (exact) mass is 398 g/mol. The third-order valence-corrected chi connectivity index (χ3v) is 3.75. The van der Waals surface area contributed by atoms with Gasteiger partial charge in [-0.15, -0.1) is 0 Å². The Kier molecular flexibility index (Phi) is 5.49. The lowest BCUT2D eigenvalue weighted by Gasteiger charge is -2.04. The molecule has 0 saturated carbocycles. The van der Waals surface area contributed by atoms with Crippen molar-refractivity contribution in [3.05, 3.63) is 86.1 Å². The predicted molar refractivity (Wildman–Crippen MR) is 99.4 cm³/mol. The third kappa shape index (κ3) is 4.53. The van der Waals surface area contributed by atoms with Gasteiger partial charge in [-0.3, -0.25) is 29.7 Å². The molecule has 0 aliphatic heterocycles. The molecule has 29 heavy (non-hydrogen) atoms. The number of furan rings is 1. The number of aryl methyl sites for hydroxylation is 1. The summed E-state index contributed by atoms with van der Waals surface area (Å²) < 4.78 is 12.1. The number of benzene rings is 1. The van der Waals surface area contributed by atoms with Gasteiger partial charge in [0.05, 0.1) is 9.85 Å². The van der Waals surface area contributed by atoms with E-state index < -0.39 is 15.6 Å². The molecule has 0 aliphatic carbocycles. The minimum Gasteiger partial charge on any atom is -0.479 e. The van der Waals surface area contributed by atoms with Crippen molar-refractivity contribution < 1.29 is 23.8 Å². The summed E-state index contributed by atoms with van der Waals surface area (Å²) in [5.74, 6) is 0.132. The first kappa shape index (κ1) is 19.5. The van der Waals surface area contributed by atoms with E-state index in [1.807, 2.05) is 0 Å². The van der Waals surface area contributed by atoms with Gasteiger partial charge in [-0.1, -0.05) is 12.1 Å². The summed E-state index contributed by atoms with van der Waals surface area (Å²) in [6, 6.07) is 9.09. The van der Waals surface area contributed by atoms with E-state index in [2.05, 4.69) is 5.10 Å². The number of ketones is 1. The first-order valence-electron chi connectivity index (χ1n) is 8.20. The number of carbonyl (C=O) groups is 1. The number of nitro groups is 2. The second kappa shape index (κ2) is 8.17. The van der Waals surface area contributed by atoms with Crippen LogP contribution in [0.25, 0.3) is 6.08 Å². The number of carbonyl (C=O) groups excluding carboxylic acids is 1. The van der Waals surface area contributed by atoms with Gasteiger partial charge < -0.3 is 9.15 Å². The zero-order chi connectivity index (χ0) is 21.0. The van der Waals surface area contributed by atoms with Crippen LogP contribution >= 0.6 is 0 Å². The third-order valence-electron chi connectivity index (χ3n) is 3.75. The summed E-state index contributed by atoms with van der Waals surface area (Å²) in [7, 11) is 1.48. The van der Waals surface area contributed by atoms with Crippen LogP contribution in [0.1, 0.15) is 22.0 Å². The highest BCUT2D eigenvalue weighted by atomic mass is 16.6. The number of aromatic nitrogens is 2. The zero-order valence-corrected chi connectivity index (χ0v) is 15.0. The molecule has 1 aromatic carbocycles. The molecule has 3 rings (SSSR count). The number of allylic oxidation sites excluding steroid dienone is 1. The number of nitro benzene ring substituents is 1. The maximum absolute atomic E-state index is 12.2. The zero-order valence-electron chi connectivity index (χ0n) is 15.0. The van der Waals surface area contributed by atoms with Crippen molar-refractivity contribution in [2.75, 3.05) is 0 Å². The van der Waals surface area contributed by atoms with E-state index in [1.54, 1.807) is 18.2 Å². The van der Waals surface area contributed by atoms with Gasteiger partial charge in [-0.25, -0.2) is 0 Å². The summed E-state index contributed by atoms with van der Waals surface area (Å²) in [5, 5.41) is 25.8. The normalized spacial score (nSPS) is 10.9. The average Bonchev–Trinajstić information content (AvgIpc) is 3.31. The van der Waals surface area contributed by atoms with Crippen LogP contribution in [0.15, 0.2) is 53.1 Å². The Hall–Kier alpha value is -4.28. The highest BCUT2D eigenvalue weighted by Crippen LogP contribution is 2.27. The lowest BCUT2D eigenvalue weighted by Crippen LogP contribution is -2.00. The topological polar surface area (TPSA) is 144 Å². The van der Waals surface area contributed by atoms with Gasteiger partial charge in [0.1, 0.15) is 24.3 Å². The van der Waals surface area contributed by atoms with Crippen molar-refractivity contribution in [2.24, 2.45) is 7.05 Å². The Morgan fingerprint density at radius 2 is 1.90 bits per heavy atom. The first-order chi connectivity index (χ1) is 13.8. The maximum Gasteiger partial charge on any atom is 0.318 e. The number of hydrogen-bond donors (Lipinski definition) is 0. The van der Waals surface area contributed by atoms with Crippen LogP contribution in [0.3, 0.4) is 0 Å². The van der Waals surface area contributed by atoms with Crippen molar-refractivity contribution in [3.63, 3.8) is 0 Å². The molecule has 0 spiro atoms. The van der Waals surface area contributed by atoms with Gasteiger partial charge in [-0.2, -0.15) is 5.10 Å². The molecule has 0 N–H and O–H groups in total. The average molecular weight is 398 g/mol. The van der Waals surface area contributed by atoms with Crippen molar-refractivity contribution >= 4 is 23.2 Å². The van der Waals surface area contributed by atoms with Crippen molar-refractivity contribution in [1.29, 1.82) is 0 Å². The van der Waals surface area contributed by atoms with Gasteiger partial charge in [0.15, 0.2) is 5.75 Å². The molecule has 11 heteroatoms. The van der Waals surface area contributed by atoms with Crippen LogP contribution in [0, 0.1) is 20.2 Å². The number of hydrogen-bond acceptors (Lipinski definition) is 8. The number of rotatable bonds is 8. The Morgan fingerprint density at radius 3 is 2.62 bits per heavy atom. The van der Waals surface area contributed by atoms with Gasteiger partial charge >= 0.3 is 11.4 Å². The lowest BCUT2D eigenvalue weighted by atomic mass is 10.2. The Bertz CT molecular complexity index is 1110. The molecule has 2 aromatic heterocycles. The molecule has 0 unspecified atom stereocenters. The summed E-state index contributed by atoms with van der Waals surface area (Å²) in [6.07, 6.45) is 3.60. The van der Waals surface area contributed by atoms with Gasteiger partial charge in [0.25, 0.3) is 0 Å². The highest BCUT2D eigenvalue weighted by molar-refractivity contribution is 6.07. The Morgan fingerprint density at radius 1 is 1.17 bits per heavy atom. The van der Waals surface area contributed by atoms with E-state index >= 15 is 0 Å². The molecule has 0 amide bonds. The van der Waals surface area contributed by atoms with E-state index in [0.717, 1.165) is 12.3 Å². The largest absolute Gasteiger partial charge is 0.479 e. The molecular weight excluding hydrogens is 384 g/mol. The fourth-order valence-electron chi connectivity index (χ4n) is 2.46. The summed E-state index contributed by atoms with van der Waals surface area (Å²) >= 11 is 0. The van der Waals surface area contributed by atoms with Crippen LogP contribution in [0.4, 0.5) is 11.4 Å². The maximum atomic E-state index is 12.2. The molecule has 3 aromatic rings. The molecule has 0 atom stereocenters. The fraction of sp³-hybridized carbons (Fsp3) is 0.111. The summed E-state index contributed by atoms with van der Waals surface area (Å²) in [6.45, 7) is -0.0572. The minimum atomic E-state index is -0.681. The minimum absolute atomic E-state index is 0.0572. The van der Waals surface area contributed by atoms with E-state index in [0.29, 0.717) is 11.5 Å². The van der Waals surface area contributed by atoms with Gasteiger partial charge in [0, 0.05) is 13.1 Å². The molecule has 148 valence electrons. The predicted octanol–water partition coefficient (Wildman–Crippen LogP) is 3.30. The summed E-state index contributed by atoms with van der Waals surface area (Å²) in [5.41, 5.74) is -0.831. The smallest absolute Gasteiger partial charge is 0.318 e. The number of ether oxygens (including phenoxy) is 1. The molecule has 0 fully saturated rings. The second-order valence-corrected chi connectivity index (χ2v) is 5.81.